The van der Waals surface area contributed by atoms with Gasteiger partial charge in [-0.3, -0.25) is 4.79 Å². The molecule has 1 saturated heterocycles. The second-order valence-corrected chi connectivity index (χ2v) is 5.91. The number of amides is 1. The first-order valence-electron chi connectivity index (χ1n) is 3.73. The van der Waals surface area contributed by atoms with E-state index in [1.54, 1.807) is 0 Å². The third kappa shape index (κ3) is 1.77. The Balaban J connectivity index is 2.93. The standard InChI is InChI=1S/C7H13NO3S/c1-7(2)4-6(9)8(5-7)12(3,10)11/h4-5H2,1-3H3. The van der Waals surface area contributed by atoms with Crippen LogP contribution in [0.3, 0.4) is 0 Å². The van der Waals surface area contributed by atoms with Crippen molar-refractivity contribution in [2.45, 2.75) is 20.3 Å². The normalized spacial score (nSPS) is 23.2. The minimum Gasteiger partial charge on any atom is -0.274 e. The molecule has 0 aromatic carbocycles. The van der Waals surface area contributed by atoms with Crippen molar-refractivity contribution in [3.63, 3.8) is 0 Å². The lowest BCUT2D eigenvalue weighted by Crippen LogP contribution is -2.32. The summed E-state index contributed by atoms with van der Waals surface area (Å²) in [6.45, 7) is 4.08. The molecule has 0 aliphatic carbocycles. The molecule has 12 heavy (non-hydrogen) atoms. The Hall–Kier alpha value is -0.580. The van der Waals surface area contributed by atoms with Crippen LogP contribution in [-0.4, -0.2) is 31.4 Å². The number of nitrogens with zero attached hydrogens (tertiary/aromatic N) is 1. The van der Waals surface area contributed by atoms with E-state index in [0.717, 1.165) is 10.6 Å². The maximum atomic E-state index is 11.2. The molecule has 1 amide bonds. The maximum absolute atomic E-state index is 11.2. The minimum absolute atomic E-state index is 0.208. The topological polar surface area (TPSA) is 54.5 Å². The summed E-state index contributed by atoms with van der Waals surface area (Å²) in [5.74, 6) is -0.289. The van der Waals surface area contributed by atoms with Crippen molar-refractivity contribution in [3.05, 3.63) is 0 Å². The average Bonchev–Trinajstić information content (AvgIpc) is 2.03. The number of carbonyl (C=O) groups excluding carboxylic acids is 1. The number of rotatable bonds is 1. The van der Waals surface area contributed by atoms with Crippen molar-refractivity contribution >= 4 is 15.9 Å². The van der Waals surface area contributed by atoms with Crippen LogP contribution in [0.1, 0.15) is 20.3 Å². The van der Waals surface area contributed by atoms with Crippen LogP contribution in [-0.2, 0) is 14.8 Å². The molecule has 0 aromatic rings. The Kier molecular flexibility index (Phi) is 1.94. The number of hydrogen-bond acceptors (Lipinski definition) is 3. The lowest BCUT2D eigenvalue weighted by atomic mass is 9.93. The molecule has 1 heterocycles. The summed E-state index contributed by atoms with van der Waals surface area (Å²) >= 11 is 0. The first kappa shape index (κ1) is 9.51. The van der Waals surface area contributed by atoms with E-state index in [4.69, 9.17) is 0 Å². The predicted octanol–water partition coefficient (Wildman–Crippen LogP) is 0.205. The summed E-state index contributed by atoms with van der Waals surface area (Å²) < 4.78 is 23.0. The van der Waals surface area contributed by atoms with Gasteiger partial charge < -0.3 is 0 Å². The van der Waals surface area contributed by atoms with Crippen LogP contribution in [0.2, 0.25) is 0 Å². The zero-order chi connectivity index (χ0) is 9.57. The van der Waals surface area contributed by atoms with Gasteiger partial charge in [0.1, 0.15) is 0 Å². The molecule has 1 fully saturated rings. The number of hydrogen-bond donors (Lipinski definition) is 0. The molecule has 4 nitrogen and oxygen atoms in total. The molecule has 0 aromatic heterocycles. The van der Waals surface area contributed by atoms with E-state index in [1.165, 1.54) is 0 Å². The van der Waals surface area contributed by atoms with Gasteiger partial charge in [-0.2, -0.15) is 0 Å². The third-order valence-corrected chi connectivity index (χ3v) is 3.01. The Labute approximate surface area is 72.6 Å². The van der Waals surface area contributed by atoms with E-state index >= 15 is 0 Å². The van der Waals surface area contributed by atoms with Gasteiger partial charge in [0, 0.05) is 13.0 Å². The molecule has 0 radical (unpaired) electrons. The van der Waals surface area contributed by atoms with Crippen LogP contribution < -0.4 is 0 Å². The van der Waals surface area contributed by atoms with Gasteiger partial charge in [-0.1, -0.05) is 13.8 Å². The fourth-order valence-corrected chi connectivity index (χ4v) is 2.35. The smallest absolute Gasteiger partial charge is 0.236 e. The largest absolute Gasteiger partial charge is 0.274 e. The van der Waals surface area contributed by atoms with E-state index in [9.17, 15) is 13.2 Å². The molecule has 0 unspecified atom stereocenters. The summed E-state index contributed by atoms with van der Waals surface area (Å²) in [6.07, 6.45) is 1.38. The molecular formula is C7H13NO3S. The molecule has 0 N–H and O–H groups in total. The average molecular weight is 191 g/mol. The van der Waals surface area contributed by atoms with Crippen molar-refractivity contribution in [1.29, 1.82) is 0 Å². The number of carbonyl (C=O) groups is 1. The Morgan fingerprint density at radius 1 is 1.42 bits per heavy atom. The van der Waals surface area contributed by atoms with Gasteiger partial charge >= 0.3 is 0 Å². The Bertz CT molecular complexity index is 305. The summed E-state index contributed by atoms with van der Waals surface area (Å²) in [6, 6.07) is 0. The molecule has 0 spiro atoms. The summed E-state index contributed by atoms with van der Waals surface area (Å²) in [4.78, 5) is 11.2. The highest BCUT2D eigenvalue weighted by molar-refractivity contribution is 7.88. The van der Waals surface area contributed by atoms with Gasteiger partial charge in [-0.15, -0.1) is 0 Å². The van der Waals surface area contributed by atoms with Crippen LogP contribution in [0, 0.1) is 5.41 Å². The molecule has 5 heteroatoms. The van der Waals surface area contributed by atoms with E-state index in [-0.39, 0.29) is 11.3 Å². The zero-order valence-corrected chi connectivity index (χ0v) is 8.31. The lowest BCUT2D eigenvalue weighted by Gasteiger charge is -2.16. The first-order valence-corrected chi connectivity index (χ1v) is 5.58. The van der Waals surface area contributed by atoms with Gasteiger partial charge in [-0.25, -0.2) is 12.7 Å². The predicted molar refractivity (Wildman–Crippen MR) is 45.0 cm³/mol. The van der Waals surface area contributed by atoms with Crippen molar-refractivity contribution in [3.8, 4) is 0 Å². The van der Waals surface area contributed by atoms with Crippen LogP contribution in [0.4, 0.5) is 0 Å². The lowest BCUT2D eigenvalue weighted by molar-refractivity contribution is -0.123. The van der Waals surface area contributed by atoms with Crippen LogP contribution >= 0.6 is 0 Å². The highest BCUT2D eigenvalue weighted by Gasteiger charge is 2.39. The Morgan fingerprint density at radius 2 is 1.92 bits per heavy atom. The third-order valence-electron chi connectivity index (χ3n) is 1.88. The van der Waals surface area contributed by atoms with E-state index in [2.05, 4.69) is 0 Å². The van der Waals surface area contributed by atoms with Crippen molar-refractivity contribution < 1.29 is 13.2 Å². The quantitative estimate of drug-likeness (QED) is 0.595. The molecule has 1 rings (SSSR count). The maximum Gasteiger partial charge on any atom is 0.236 e. The van der Waals surface area contributed by atoms with E-state index in [1.807, 2.05) is 13.8 Å². The van der Waals surface area contributed by atoms with Gasteiger partial charge in [0.15, 0.2) is 0 Å². The molecule has 0 bridgehead atoms. The van der Waals surface area contributed by atoms with Gasteiger partial charge in [0.05, 0.1) is 6.26 Å². The van der Waals surface area contributed by atoms with Gasteiger partial charge in [0.2, 0.25) is 15.9 Å². The number of sulfonamides is 1. The van der Waals surface area contributed by atoms with E-state index in [0.29, 0.717) is 13.0 Å². The summed E-state index contributed by atoms with van der Waals surface area (Å²) in [7, 11) is -3.34. The molecule has 1 aliphatic heterocycles. The van der Waals surface area contributed by atoms with Crippen molar-refractivity contribution in [2.75, 3.05) is 12.8 Å². The van der Waals surface area contributed by atoms with Crippen LogP contribution in [0.25, 0.3) is 0 Å². The highest BCUT2D eigenvalue weighted by Crippen LogP contribution is 2.31. The monoisotopic (exact) mass is 191 g/mol. The van der Waals surface area contributed by atoms with Crippen LogP contribution in [0.5, 0.6) is 0 Å². The van der Waals surface area contributed by atoms with Crippen molar-refractivity contribution in [1.82, 2.24) is 4.31 Å². The molecule has 0 saturated carbocycles. The summed E-state index contributed by atoms with van der Waals surface area (Å²) in [5.41, 5.74) is -0.208. The van der Waals surface area contributed by atoms with Crippen molar-refractivity contribution in [2.24, 2.45) is 5.41 Å². The SMILES string of the molecule is CC1(C)CC(=O)N(S(C)(=O)=O)C1. The zero-order valence-electron chi connectivity index (χ0n) is 7.49. The molecular weight excluding hydrogens is 178 g/mol. The highest BCUT2D eigenvalue weighted by atomic mass is 32.2. The Morgan fingerprint density at radius 3 is 2.08 bits per heavy atom. The van der Waals surface area contributed by atoms with Gasteiger partial charge in [0.25, 0.3) is 0 Å². The molecule has 70 valence electrons. The first-order chi connectivity index (χ1) is 5.22. The second-order valence-electron chi connectivity index (χ2n) is 4.00. The minimum atomic E-state index is -3.34. The molecule has 0 atom stereocenters. The van der Waals surface area contributed by atoms with Gasteiger partial charge in [-0.05, 0) is 5.41 Å². The molecule has 1 aliphatic rings. The fourth-order valence-electron chi connectivity index (χ4n) is 1.33. The fraction of sp³-hybridized carbons (Fsp3) is 0.857. The second kappa shape index (κ2) is 2.45. The van der Waals surface area contributed by atoms with E-state index < -0.39 is 10.0 Å². The van der Waals surface area contributed by atoms with Crippen LogP contribution in [0.15, 0.2) is 0 Å². The summed E-state index contributed by atoms with van der Waals surface area (Å²) in [5, 5.41) is 0.